The number of halogens is 1. The zero-order valence-electron chi connectivity index (χ0n) is 9.16. The molecule has 1 unspecified atom stereocenters. The maximum atomic E-state index is 9.95. The highest BCUT2D eigenvalue weighted by Crippen LogP contribution is 2.35. The number of para-hydroxylation sites is 1. The van der Waals surface area contributed by atoms with Crippen LogP contribution in [0, 0.1) is 0 Å². The first-order valence-corrected chi connectivity index (χ1v) is 5.74. The fourth-order valence-electron chi connectivity index (χ4n) is 1.53. The molecule has 1 aromatic rings. The lowest BCUT2D eigenvalue weighted by Gasteiger charge is -2.14. The van der Waals surface area contributed by atoms with Gasteiger partial charge in [-0.25, -0.2) is 0 Å². The minimum atomic E-state index is 0.247. The molecular weight excluding hydrogens is 212 g/mol. The highest BCUT2D eigenvalue weighted by molar-refractivity contribution is 6.17. The van der Waals surface area contributed by atoms with Crippen molar-refractivity contribution in [3.63, 3.8) is 0 Å². The molecule has 0 aromatic heterocycles. The fraction of sp³-hybridized carbons (Fsp3) is 0.500. The van der Waals surface area contributed by atoms with Gasteiger partial charge in [-0.05, 0) is 25.3 Å². The molecule has 1 aromatic carbocycles. The summed E-state index contributed by atoms with van der Waals surface area (Å²) in [5.74, 6) is 1.65. The molecule has 0 aliphatic carbocycles. The number of phenolic OH excluding ortho intramolecular Hbond substituents is 1. The van der Waals surface area contributed by atoms with Crippen LogP contribution < -0.4 is 4.74 Å². The third kappa shape index (κ3) is 3.03. The molecular formula is C12H17ClO2. The summed E-state index contributed by atoms with van der Waals surface area (Å²) in [6, 6.07) is 5.58. The second-order valence-corrected chi connectivity index (χ2v) is 3.88. The van der Waals surface area contributed by atoms with Crippen molar-refractivity contribution in [3.05, 3.63) is 23.8 Å². The Bertz CT molecular complexity index is 312. The van der Waals surface area contributed by atoms with Crippen LogP contribution in [0.3, 0.4) is 0 Å². The number of benzene rings is 1. The summed E-state index contributed by atoms with van der Waals surface area (Å²) in [7, 11) is 0. The largest absolute Gasteiger partial charge is 0.504 e. The Morgan fingerprint density at radius 1 is 1.47 bits per heavy atom. The Labute approximate surface area is 95.8 Å². The van der Waals surface area contributed by atoms with Crippen LogP contribution in [0.1, 0.15) is 31.7 Å². The van der Waals surface area contributed by atoms with Gasteiger partial charge in [-0.3, -0.25) is 0 Å². The summed E-state index contributed by atoms with van der Waals surface area (Å²) < 4.78 is 5.32. The molecule has 0 aliphatic rings. The van der Waals surface area contributed by atoms with Crippen LogP contribution in [0.5, 0.6) is 11.5 Å². The number of hydrogen-bond acceptors (Lipinski definition) is 2. The normalized spacial score (nSPS) is 12.5. The molecule has 0 heterocycles. The predicted molar refractivity (Wildman–Crippen MR) is 63.0 cm³/mol. The molecule has 84 valence electrons. The Morgan fingerprint density at radius 2 is 2.20 bits per heavy atom. The number of hydrogen-bond donors (Lipinski definition) is 1. The Morgan fingerprint density at radius 3 is 2.80 bits per heavy atom. The van der Waals surface area contributed by atoms with Crippen molar-refractivity contribution in [1.29, 1.82) is 0 Å². The second-order valence-electron chi connectivity index (χ2n) is 3.51. The highest BCUT2D eigenvalue weighted by atomic mass is 35.5. The topological polar surface area (TPSA) is 29.5 Å². The van der Waals surface area contributed by atoms with Crippen molar-refractivity contribution in [3.8, 4) is 11.5 Å². The van der Waals surface area contributed by atoms with E-state index in [0.29, 0.717) is 18.2 Å². The van der Waals surface area contributed by atoms with Gasteiger partial charge in [0.1, 0.15) is 0 Å². The lowest BCUT2D eigenvalue weighted by atomic mass is 9.97. The van der Waals surface area contributed by atoms with E-state index in [-0.39, 0.29) is 11.7 Å². The average Bonchev–Trinajstić information content (AvgIpc) is 2.22. The SMILES string of the molecule is CCOc1cccc(C(C)CCCl)c1O. The monoisotopic (exact) mass is 228 g/mol. The van der Waals surface area contributed by atoms with E-state index in [0.717, 1.165) is 12.0 Å². The number of alkyl halides is 1. The van der Waals surface area contributed by atoms with Crippen molar-refractivity contribution in [2.24, 2.45) is 0 Å². The van der Waals surface area contributed by atoms with E-state index in [2.05, 4.69) is 0 Å². The second kappa shape index (κ2) is 5.86. The molecule has 3 heteroatoms. The summed E-state index contributed by atoms with van der Waals surface area (Å²) in [5, 5.41) is 9.95. The van der Waals surface area contributed by atoms with Crippen LogP contribution in [0.15, 0.2) is 18.2 Å². The van der Waals surface area contributed by atoms with Gasteiger partial charge in [0, 0.05) is 11.4 Å². The summed E-state index contributed by atoms with van der Waals surface area (Å²) in [6.07, 6.45) is 0.852. The standard InChI is InChI=1S/C12H17ClO2/c1-3-15-11-6-4-5-10(12(11)14)9(2)7-8-13/h4-6,9,14H,3,7-8H2,1-2H3. The van der Waals surface area contributed by atoms with Crippen LogP contribution in [0.4, 0.5) is 0 Å². The molecule has 0 saturated heterocycles. The molecule has 15 heavy (non-hydrogen) atoms. The molecule has 0 spiro atoms. The number of ether oxygens (including phenoxy) is 1. The van der Waals surface area contributed by atoms with Gasteiger partial charge in [-0.2, -0.15) is 0 Å². The predicted octanol–water partition coefficient (Wildman–Crippen LogP) is 3.52. The van der Waals surface area contributed by atoms with Gasteiger partial charge in [0.05, 0.1) is 6.61 Å². The Kier molecular flexibility index (Phi) is 4.76. The lowest BCUT2D eigenvalue weighted by molar-refractivity contribution is 0.316. The van der Waals surface area contributed by atoms with E-state index in [1.54, 1.807) is 6.07 Å². The van der Waals surface area contributed by atoms with Gasteiger partial charge < -0.3 is 9.84 Å². The molecule has 0 radical (unpaired) electrons. The van der Waals surface area contributed by atoms with Crippen molar-refractivity contribution in [2.75, 3.05) is 12.5 Å². The third-order valence-electron chi connectivity index (χ3n) is 2.40. The molecule has 0 bridgehead atoms. The van der Waals surface area contributed by atoms with Crippen molar-refractivity contribution in [1.82, 2.24) is 0 Å². The van der Waals surface area contributed by atoms with E-state index in [1.807, 2.05) is 26.0 Å². The number of aromatic hydroxyl groups is 1. The maximum absolute atomic E-state index is 9.95. The van der Waals surface area contributed by atoms with Crippen LogP contribution >= 0.6 is 11.6 Å². The zero-order chi connectivity index (χ0) is 11.3. The quantitative estimate of drug-likeness (QED) is 0.782. The summed E-state index contributed by atoms with van der Waals surface area (Å²) in [5.41, 5.74) is 0.904. The molecule has 0 saturated carbocycles. The third-order valence-corrected chi connectivity index (χ3v) is 2.62. The van der Waals surface area contributed by atoms with E-state index in [4.69, 9.17) is 16.3 Å². The highest BCUT2D eigenvalue weighted by Gasteiger charge is 2.13. The number of rotatable bonds is 5. The van der Waals surface area contributed by atoms with Gasteiger partial charge in [0.2, 0.25) is 0 Å². The van der Waals surface area contributed by atoms with E-state index >= 15 is 0 Å². The zero-order valence-corrected chi connectivity index (χ0v) is 9.92. The maximum Gasteiger partial charge on any atom is 0.161 e. The fourth-order valence-corrected chi connectivity index (χ4v) is 1.86. The van der Waals surface area contributed by atoms with Crippen LogP contribution in [0.25, 0.3) is 0 Å². The average molecular weight is 229 g/mol. The van der Waals surface area contributed by atoms with Gasteiger partial charge in [-0.15, -0.1) is 11.6 Å². The molecule has 0 amide bonds. The summed E-state index contributed by atoms with van der Waals surface area (Å²) in [4.78, 5) is 0. The minimum absolute atomic E-state index is 0.247. The van der Waals surface area contributed by atoms with E-state index in [9.17, 15) is 5.11 Å². The summed E-state index contributed by atoms with van der Waals surface area (Å²) in [6.45, 7) is 4.50. The van der Waals surface area contributed by atoms with Gasteiger partial charge in [0.15, 0.2) is 11.5 Å². The smallest absolute Gasteiger partial charge is 0.161 e. The molecule has 0 fully saturated rings. The van der Waals surface area contributed by atoms with Crippen LogP contribution in [0.2, 0.25) is 0 Å². The molecule has 2 nitrogen and oxygen atoms in total. The van der Waals surface area contributed by atoms with E-state index in [1.165, 1.54) is 0 Å². The number of phenols is 1. The molecule has 1 atom stereocenters. The van der Waals surface area contributed by atoms with Crippen molar-refractivity contribution < 1.29 is 9.84 Å². The van der Waals surface area contributed by atoms with Crippen LogP contribution in [-0.2, 0) is 0 Å². The molecule has 1 N–H and O–H groups in total. The molecule has 0 aliphatic heterocycles. The Hall–Kier alpha value is -0.890. The first-order chi connectivity index (χ1) is 7.20. The minimum Gasteiger partial charge on any atom is -0.504 e. The summed E-state index contributed by atoms with van der Waals surface area (Å²) >= 11 is 5.69. The first kappa shape index (κ1) is 12.2. The van der Waals surface area contributed by atoms with Gasteiger partial charge in [0.25, 0.3) is 0 Å². The van der Waals surface area contributed by atoms with Crippen LogP contribution in [-0.4, -0.2) is 17.6 Å². The van der Waals surface area contributed by atoms with Gasteiger partial charge in [-0.1, -0.05) is 19.1 Å². The molecule has 1 rings (SSSR count). The first-order valence-electron chi connectivity index (χ1n) is 5.21. The Balaban J connectivity index is 2.92. The van der Waals surface area contributed by atoms with Crippen molar-refractivity contribution >= 4 is 11.6 Å². The lowest BCUT2D eigenvalue weighted by Crippen LogP contribution is -1.98. The van der Waals surface area contributed by atoms with Gasteiger partial charge >= 0.3 is 0 Å². The van der Waals surface area contributed by atoms with Crippen molar-refractivity contribution in [2.45, 2.75) is 26.2 Å². The van der Waals surface area contributed by atoms with E-state index < -0.39 is 0 Å².